The molecule has 0 amide bonds. The van der Waals surface area contributed by atoms with Crippen molar-refractivity contribution in [3.63, 3.8) is 0 Å². The Morgan fingerprint density at radius 2 is 1.71 bits per heavy atom. The molecule has 0 bridgehead atoms. The number of ether oxygens (including phenoxy) is 1. The first kappa shape index (κ1) is 13.3. The van der Waals surface area contributed by atoms with E-state index in [9.17, 15) is 25.0 Å². The molecule has 17 heavy (non-hydrogen) atoms. The summed E-state index contributed by atoms with van der Waals surface area (Å²) in [5.41, 5.74) is 0. The fraction of sp³-hybridized carbons (Fsp3) is 1.00. The summed E-state index contributed by atoms with van der Waals surface area (Å²) >= 11 is 0. The summed E-state index contributed by atoms with van der Waals surface area (Å²) in [6.45, 7) is -0.328. The molecule has 2 aliphatic heterocycles. The Morgan fingerprint density at radius 3 is 2.24 bits per heavy atom. The van der Waals surface area contributed by atoms with Gasteiger partial charge in [-0.15, -0.1) is 0 Å². The molecule has 9 nitrogen and oxygen atoms in total. The van der Waals surface area contributed by atoms with E-state index in [1.165, 1.54) is 0 Å². The van der Waals surface area contributed by atoms with E-state index in [-0.39, 0.29) is 6.61 Å². The lowest BCUT2D eigenvalue weighted by Gasteiger charge is -2.39. The highest BCUT2D eigenvalue weighted by Gasteiger charge is 2.50. The van der Waals surface area contributed by atoms with Crippen LogP contribution < -0.4 is 0 Å². The molecule has 2 aliphatic rings. The van der Waals surface area contributed by atoms with Gasteiger partial charge in [0, 0.05) is 0 Å². The van der Waals surface area contributed by atoms with Gasteiger partial charge in [0.05, 0.1) is 6.61 Å². The van der Waals surface area contributed by atoms with Crippen molar-refractivity contribution in [1.82, 2.24) is 0 Å². The Labute approximate surface area is 95.8 Å². The van der Waals surface area contributed by atoms with Crippen LogP contribution in [0.4, 0.5) is 0 Å². The molecule has 5 N–H and O–H groups in total. The van der Waals surface area contributed by atoms with Crippen molar-refractivity contribution in [2.24, 2.45) is 0 Å². The molecule has 0 saturated carbocycles. The van der Waals surface area contributed by atoms with Crippen molar-refractivity contribution in [3.05, 3.63) is 0 Å². The monoisotopic (exact) mass is 272 g/mol. The van der Waals surface area contributed by atoms with Crippen LogP contribution in [0.15, 0.2) is 0 Å². The molecule has 7 atom stereocenters. The van der Waals surface area contributed by atoms with Gasteiger partial charge in [-0.25, -0.2) is 4.57 Å². The van der Waals surface area contributed by atoms with Gasteiger partial charge in [-0.2, -0.15) is 0 Å². The van der Waals surface area contributed by atoms with Crippen LogP contribution in [-0.4, -0.2) is 68.7 Å². The van der Waals surface area contributed by atoms with Crippen LogP contribution in [0.2, 0.25) is 0 Å². The number of phosphoric acid groups is 1. The molecule has 0 aromatic heterocycles. The third-order valence-corrected chi connectivity index (χ3v) is 3.67. The van der Waals surface area contributed by atoms with E-state index < -0.39 is 44.6 Å². The standard InChI is InChI=1S/C7H13O9P/c8-3-4(9)6(15-7(11)5(3)10)2-1-14-17(12,13)16-2/h2-11H,1H2,(H,12,13)/t2-,3-,4-,5-,6+,7-/m0/s1. The number of phosphoric ester groups is 1. The normalized spacial score (nSPS) is 56.1. The van der Waals surface area contributed by atoms with Crippen molar-refractivity contribution in [1.29, 1.82) is 0 Å². The quantitative estimate of drug-likeness (QED) is 0.322. The predicted octanol–water partition coefficient (Wildman–Crippen LogP) is -2.70. The highest BCUT2D eigenvalue weighted by Crippen LogP contribution is 2.51. The zero-order valence-electron chi connectivity index (χ0n) is 8.49. The van der Waals surface area contributed by atoms with Crippen LogP contribution in [0.5, 0.6) is 0 Å². The number of aliphatic hydroxyl groups is 4. The van der Waals surface area contributed by atoms with Crippen LogP contribution in [0, 0.1) is 0 Å². The lowest BCUT2D eigenvalue weighted by molar-refractivity contribution is -0.293. The molecule has 2 rings (SSSR count). The summed E-state index contributed by atoms with van der Waals surface area (Å²) in [6, 6.07) is 0. The van der Waals surface area contributed by atoms with Crippen molar-refractivity contribution >= 4 is 7.82 Å². The van der Waals surface area contributed by atoms with E-state index >= 15 is 0 Å². The SMILES string of the molecule is O=P1(O)OC[C@@H]([C@H]2O[C@H](O)[C@@H](O)[C@@H](O)[C@@H]2O)O1. The molecule has 0 spiro atoms. The van der Waals surface area contributed by atoms with Gasteiger partial charge in [0.15, 0.2) is 6.29 Å². The van der Waals surface area contributed by atoms with Crippen LogP contribution in [0.1, 0.15) is 0 Å². The average Bonchev–Trinajstić information content (AvgIpc) is 2.61. The fourth-order valence-corrected chi connectivity index (χ4v) is 2.67. The van der Waals surface area contributed by atoms with Crippen LogP contribution in [0.25, 0.3) is 0 Å². The van der Waals surface area contributed by atoms with Crippen LogP contribution in [0.3, 0.4) is 0 Å². The predicted molar refractivity (Wildman–Crippen MR) is 49.6 cm³/mol. The van der Waals surface area contributed by atoms with Gasteiger partial charge in [-0.3, -0.25) is 9.05 Å². The largest absolute Gasteiger partial charge is 0.472 e. The van der Waals surface area contributed by atoms with Gasteiger partial charge < -0.3 is 30.1 Å². The lowest BCUT2D eigenvalue weighted by Crippen LogP contribution is -2.60. The number of hydrogen-bond donors (Lipinski definition) is 5. The zero-order chi connectivity index (χ0) is 12.8. The van der Waals surface area contributed by atoms with E-state index in [0.29, 0.717) is 0 Å². The van der Waals surface area contributed by atoms with Gasteiger partial charge in [0.2, 0.25) is 0 Å². The summed E-state index contributed by atoms with van der Waals surface area (Å²) in [6.07, 6.45) is -8.99. The molecule has 10 heteroatoms. The third-order valence-electron chi connectivity index (χ3n) is 2.66. The van der Waals surface area contributed by atoms with Crippen molar-refractivity contribution in [3.8, 4) is 0 Å². The molecule has 2 heterocycles. The van der Waals surface area contributed by atoms with Crippen LogP contribution in [-0.2, 0) is 18.3 Å². The smallest absolute Gasteiger partial charge is 0.387 e. The van der Waals surface area contributed by atoms with Crippen LogP contribution >= 0.6 is 7.82 Å². The van der Waals surface area contributed by atoms with E-state index in [1.807, 2.05) is 0 Å². The molecular weight excluding hydrogens is 259 g/mol. The van der Waals surface area contributed by atoms with Gasteiger partial charge in [-0.05, 0) is 0 Å². The molecular formula is C7H13O9P. The summed E-state index contributed by atoms with van der Waals surface area (Å²) in [4.78, 5) is 8.97. The zero-order valence-corrected chi connectivity index (χ0v) is 9.38. The highest BCUT2D eigenvalue weighted by atomic mass is 31.2. The number of rotatable bonds is 1. The third kappa shape index (κ3) is 2.53. The topological polar surface area (TPSA) is 146 Å². The summed E-state index contributed by atoms with van der Waals surface area (Å²) in [5.74, 6) is 0. The maximum absolute atomic E-state index is 11.0. The van der Waals surface area contributed by atoms with E-state index in [1.54, 1.807) is 0 Å². The van der Waals surface area contributed by atoms with Gasteiger partial charge >= 0.3 is 7.82 Å². The van der Waals surface area contributed by atoms with Gasteiger partial charge in [-0.1, -0.05) is 0 Å². The van der Waals surface area contributed by atoms with Gasteiger partial charge in [0.25, 0.3) is 0 Å². The summed E-state index contributed by atoms with van der Waals surface area (Å²) < 4.78 is 24.8. The van der Waals surface area contributed by atoms with Crippen molar-refractivity contribution in [2.45, 2.75) is 36.8 Å². The minimum Gasteiger partial charge on any atom is -0.387 e. The van der Waals surface area contributed by atoms with Crippen molar-refractivity contribution < 1.29 is 43.7 Å². The Kier molecular flexibility index (Phi) is 3.56. The maximum atomic E-state index is 11.0. The van der Waals surface area contributed by atoms with E-state index in [0.717, 1.165) is 0 Å². The Hall–Kier alpha value is -0.0900. The summed E-state index contributed by atoms with van der Waals surface area (Å²) in [7, 11) is -4.16. The molecule has 2 fully saturated rings. The molecule has 0 aliphatic carbocycles. The molecule has 2 saturated heterocycles. The molecule has 0 radical (unpaired) electrons. The highest BCUT2D eigenvalue weighted by molar-refractivity contribution is 7.47. The first-order valence-electron chi connectivity index (χ1n) is 4.85. The fourth-order valence-electron chi connectivity index (χ4n) is 1.75. The van der Waals surface area contributed by atoms with E-state index in [4.69, 9.17) is 9.63 Å². The maximum Gasteiger partial charge on any atom is 0.472 e. The second-order valence-electron chi connectivity index (χ2n) is 3.87. The van der Waals surface area contributed by atoms with Gasteiger partial charge in [0.1, 0.15) is 30.5 Å². The number of aliphatic hydroxyl groups excluding tert-OH is 4. The second-order valence-corrected chi connectivity index (χ2v) is 5.28. The Balaban J connectivity index is 2.09. The Bertz CT molecular complexity index is 335. The van der Waals surface area contributed by atoms with E-state index in [2.05, 4.69) is 9.05 Å². The Morgan fingerprint density at radius 1 is 1.06 bits per heavy atom. The minimum absolute atomic E-state index is 0.328. The second kappa shape index (κ2) is 4.54. The molecule has 1 unspecified atom stereocenters. The average molecular weight is 272 g/mol. The first-order valence-corrected chi connectivity index (χ1v) is 6.35. The first-order chi connectivity index (χ1) is 7.82. The minimum atomic E-state index is -4.16. The molecule has 0 aromatic carbocycles. The molecule has 100 valence electrons. The lowest BCUT2D eigenvalue weighted by atomic mass is 9.96. The van der Waals surface area contributed by atoms with Crippen molar-refractivity contribution in [2.75, 3.05) is 6.61 Å². The number of hydrogen-bond acceptors (Lipinski definition) is 8. The molecule has 0 aromatic rings. The summed E-state index contributed by atoms with van der Waals surface area (Å²) in [5, 5.41) is 37.5.